The number of methoxy groups -OCH3 is 1. The third-order valence-corrected chi connectivity index (χ3v) is 2.86. The van der Waals surface area contributed by atoms with Crippen LogP contribution in [-0.2, 0) is 4.74 Å². The van der Waals surface area contributed by atoms with Crippen LogP contribution in [0.5, 0.6) is 0 Å². The molecule has 1 aromatic carbocycles. The Bertz CT molecular complexity index is 490. The Hall–Kier alpha value is -1.99. The number of amides is 1. The molecule has 0 bridgehead atoms. The standard InChI is InChI=1S/C13H18N2O5/c1-10-9-11(3-4-12(10)15(18)19)13(17)14(5-7-16)6-8-20-2/h3-4,9,16H,5-8H2,1-2H3. The molecule has 0 aliphatic carbocycles. The van der Waals surface area contributed by atoms with Crippen molar-refractivity contribution in [1.82, 2.24) is 4.90 Å². The summed E-state index contributed by atoms with van der Waals surface area (Å²) in [6.07, 6.45) is 0. The van der Waals surface area contributed by atoms with Crippen molar-refractivity contribution < 1.29 is 19.6 Å². The highest BCUT2D eigenvalue weighted by Crippen LogP contribution is 2.19. The van der Waals surface area contributed by atoms with E-state index in [9.17, 15) is 14.9 Å². The first-order valence-electron chi connectivity index (χ1n) is 6.15. The van der Waals surface area contributed by atoms with Gasteiger partial charge in [-0.1, -0.05) is 0 Å². The lowest BCUT2D eigenvalue weighted by Crippen LogP contribution is -2.36. The lowest BCUT2D eigenvalue weighted by atomic mass is 10.1. The number of aliphatic hydroxyl groups excluding tert-OH is 1. The second kappa shape index (κ2) is 7.56. The van der Waals surface area contributed by atoms with E-state index < -0.39 is 4.92 Å². The molecule has 0 unspecified atom stereocenters. The van der Waals surface area contributed by atoms with Gasteiger partial charge in [0.15, 0.2) is 0 Å². The minimum atomic E-state index is -0.486. The molecule has 0 heterocycles. The Balaban J connectivity index is 2.94. The van der Waals surface area contributed by atoms with Crippen molar-refractivity contribution in [3.63, 3.8) is 0 Å². The lowest BCUT2D eigenvalue weighted by molar-refractivity contribution is -0.385. The predicted molar refractivity (Wildman–Crippen MR) is 72.7 cm³/mol. The van der Waals surface area contributed by atoms with Gasteiger partial charge in [-0.15, -0.1) is 0 Å². The van der Waals surface area contributed by atoms with E-state index >= 15 is 0 Å². The first kappa shape index (κ1) is 16.1. The van der Waals surface area contributed by atoms with E-state index in [2.05, 4.69) is 0 Å². The molecule has 1 N–H and O–H groups in total. The molecule has 1 aromatic rings. The Kier molecular flexibility index (Phi) is 6.08. The van der Waals surface area contributed by atoms with Crippen LogP contribution in [0.3, 0.4) is 0 Å². The molecule has 20 heavy (non-hydrogen) atoms. The van der Waals surface area contributed by atoms with E-state index in [1.807, 2.05) is 0 Å². The van der Waals surface area contributed by atoms with Crippen LogP contribution in [0.1, 0.15) is 15.9 Å². The zero-order valence-electron chi connectivity index (χ0n) is 11.5. The summed E-state index contributed by atoms with van der Waals surface area (Å²) in [5.41, 5.74) is 0.765. The highest BCUT2D eigenvalue weighted by atomic mass is 16.6. The van der Waals surface area contributed by atoms with Gasteiger partial charge in [0.1, 0.15) is 0 Å². The summed E-state index contributed by atoms with van der Waals surface area (Å²) in [6, 6.07) is 4.22. The summed E-state index contributed by atoms with van der Waals surface area (Å²) in [4.78, 5) is 24.0. The molecule has 0 saturated heterocycles. The van der Waals surface area contributed by atoms with Gasteiger partial charge in [0.2, 0.25) is 0 Å². The molecule has 1 amide bonds. The van der Waals surface area contributed by atoms with Gasteiger partial charge in [-0.2, -0.15) is 0 Å². The van der Waals surface area contributed by atoms with Crippen LogP contribution in [0, 0.1) is 17.0 Å². The molecule has 110 valence electrons. The number of carbonyl (C=O) groups excluding carboxylic acids is 1. The SMILES string of the molecule is COCCN(CCO)C(=O)c1ccc([N+](=O)[O-])c(C)c1. The maximum atomic E-state index is 12.3. The van der Waals surface area contributed by atoms with E-state index in [1.165, 1.54) is 30.2 Å². The van der Waals surface area contributed by atoms with Gasteiger partial charge in [0.05, 0.1) is 18.1 Å². The van der Waals surface area contributed by atoms with Gasteiger partial charge >= 0.3 is 0 Å². The fourth-order valence-corrected chi connectivity index (χ4v) is 1.81. The molecular weight excluding hydrogens is 264 g/mol. The topological polar surface area (TPSA) is 92.9 Å². The summed E-state index contributed by atoms with van der Waals surface area (Å²) >= 11 is 0. The lowest BCUT2D eigenvalue weighted by Gasteiger charge is -2.21. The van der Waals surface area contributed by atoms with Crippen molar-refractivity contribution in [3.8, 4) is 0 Å². The fourth-order valence-electron chi connectivity index (χ4n) is 1.81. The molecule has 0 spiro atoms. The Labute approximate surface area is 116 Å². The summed E-state index contributed by atoms with van der Waals surface area (Å²) < 4.78 is 4.91. The first-order chi connectivity index (χ1) is 9.51. The molecule has 0 aliphatic heterocycles. The zero-order valence-corrected chi connectivity index (χ0v) is 11.5. The molecule has 1 rings (SSSR count). The number of nitro groups is 1. The van der Waals surface area contributed by atoms with Crippen LogP contribution in [0.15, 0.2) is 18.2 Å². The molecule has 7 nitrogen and oxygen atoms in total. The monoisotopic (exact) mass is 282 g/mol. The Morgan fingerprint density at radius 3 is 2.65 bits per heavy atom. The number of aliphatic hydroxyl groups is 1. The highest BCUT2D eigenvalue weighted by molar-refractivity contribution is 5.94. The van der Waals surface area contributed by atoms with Gasteiger partial charge in [0, 0.05) is 37.4 Å². The molecule has 0 aliphatic rings. The number of hydrogen-bond donors (Lipinski definition) is 1. The average molecular weight is 282 g/mol. The quantitative estimate of drug-likeness (QED) is 0.594. The molecule has 0 saturated carbocycles. The van der Waals surface area contributed by atoms with Crippen molar-refractivity contribution in [1.29, 1.82) is 0 Å². The number of carbonyl (C=O) groups is 1. The minimum Gasteiger partial charge on any atom is -0.395 e. The fraction of sp³-hybridized carbons (Fsp3) is 0.462. The Morgan fingerprint density at radius 1 is 1.45 bits per heavy atom. The van der Waals surface area contributed by atoms with Gasteiger partial charge < -0.3 is 14.7 Å². The van der Waals surface area contributed by atoms with Gasteiger partial charge in [-0.3, -0.25) is 14.9 Å². The second-order valence-corrected chi connectivity index (χ2v) is 4.27. The van der Waals surface area contributed by atoms with Crippen LogP contribution < -0.4 is 0 Å². The first-order valence-corrected chi connectivity index (χ1v) is 6.15. The maximum absolute atomic E-state index is 12.3. The summed E-state index contributed by atoms with van der Waals surface area (Å²) in [7, 11) is 1.53. The number of nitrogens with zero attached hydrogens (tertiary/aromatic N) is 2. The molecule has 7 heteroatoms. The van der Waals surface area contributed by atoms with E-state index in [0.717, 1.165) is 0 Å². The summed E-state index contributed by atoms with van der Waals surface area (Å²) in [5.74, 6) is -0.283. The van der Waals surface area contributed by atoms with Crippen LogP contribution in [0.2, 0.25) is 0 Å². The van der Waals surface area contributed by atoms with Gasteiger partial charge in [0.25, 0.3) is 11.6 Å². The Morgan fingerprint density at radius 2 is 2.15 bits per heavy atom. The van der Waals surface area contributed by atoms with Gasteiger partial charge in [-0.25, -0.2) is 0 Å². The number of hydrogen-bond acceptors (Lipinski definition) is 5. The maximum Gasteiger partial charge on any atom is 0.272 e. The zero-order chi connectivity index (χ0) is 15.1. The van der Waals surface area contributed by atoms with Crippen molar-refractivity contribution >= 4 is 11.6 Å². The van der Waals surface area contributed by atoms with Crippen LogP contribution in [0.25, 0.3) is 0 Å². The van der Waals surface area contributed by atoms with Crippen molar-refractivity contribution in [2.45, 2.75) is 6.92 Å². The molecule has 0 radical (unpaired) electrons. The normalized spacial score (nSPS) is 10.3. The van der Waals surface area contributed by atoms with Crippen LogP contribution >= 0.6 is 0 Å². The van der Waals surface area contributed by atoms with Crippen molar-refractivity contribution in [3.05, 3.63) is 39.4 Å². The number of rotatable bonds is 7. The van der Waals surface area contributed by atoms with E-state index in [1.54, 1.807) is 6.92 Å². The predicted octanol–water partition coefficient (Wildman–Crippen LogP) is 0.984. The number of aryl methyl sites for hydroxylation is 1. The number of ether oxygens (including phenoxy) is 1. The smallest absolute Gasteiger partial charge is 0.272 e. The second-order valence-electron chi connectivity index (χ2n) is 4.27. The van der Waals surface area contributed by atoms with E-state index in [0.29, 0.717) is 24.3 Å². The summed E-state index contributed by atoms with van der Waals surface area (Å²) in [5, 5.41) is 19.7. The molecule has 0 aromatic heterocycles. The molecule has 0 atom stereocenters. The van der Waals surface area contributed by atoms with Gasteiger partial charge in [-0.05, 0) is 19.1 Å². The highest BCUT2D eigenvalue weighted by Gasteiger charge is 2.18. The van der Waals surface area contributed by atoms with Crippen molar-refractivity contribution in [2.75, 3.05) is 33.4 Å². The largest absolute Gasteiger partial charge is 0.395 e. The van der Waals surface area contributed by atoms with E-state index in [-0.39, 0.29) is 24.7 Å². The third kappa shape index (κ3) is 4.01. The minimum absolute atomic E-state index is 0.0212. The van der Waals surface area contributed by atoms with Crippen LogP contribution in [0.4, 0.5) is 5.69 Å². The van der Waals surface area contributed by atoms with E-state index in [4.69, 9.17) is 9.84 Å². The average Bonchev–Trinajstić information content (AvgIpc) is 2.42. The number of benzene rings is 1. The molecular formula is C13H18N2O5. The van der Waals surface area contributed by atoms with Crippen LogP contribution in [-0.4, -0.2) is 54.3 Å². The van der Waals surface area contributed by atoms with Crippen molar-refractivity contribution in [2.24, 2.45) is 0 Å². The number of nitro benzene ring substituents is 1. The molecule has 0 fully saturated rings. The third-order valence-electron chi connectivity index (χ3n) is 2.86. The summed E-state index contributed by atoms with van der Waals surface area (Å²) in [6.45, 7) is 2.34.